The van der Waals surface area contributed by atoms with E-state index in [2.05, 4.69) is 10.6 Å². The van der Waals surface area contributed by atoms with E-state index < -0.39 is 0 Å². The standard InChI is InChI=1S/C16H21N3OS/c1-10-4-2-5-12-13(17)15(21-14(10)12)16(20)19-9-3-8-18-11-6-7-11/h2,4-5,11,18H,3,6-9,17H2,1H3,(H,19,20). The van der Waals surface area contributed by atoms with Crippen LogP contribution in [0, 0.1) is 6.92 Å². The molecule has 1 heterocycles. The summed E-state index contributed by atoms with van der Waals surface area (Å²) in [6.45, 7) is 3.70. The van der Waals surface area contributed by atoms with Crippen LogP contribution in [0.1, 0.15) is 34.5 Å². The lowest BCUT2D eigenvalue weighted by Crippen LogP contribution is -2.27. The molecule has 1 saturated carbocycles. The van der Waals surface area contributed by atoms with Gasteiger partial charge in [-0.1, -0.05) is 18.2 Å². The maximum Gasteiger partial charge on any atom is 0.263 e. The van der Waals surface area contributed by atoms with Crippen molar-refractivity contribution in [1.82, 2.24) is 10.6 Å². The minimum absolute atomic E-state index is 0.0560. The molecule has 4 N–H and O–H groups in total. The first-order valence-corrected chi connectivity index (χ1v) is 8.27. The fourth-order valence-electron chi connectivity index (χ4n) is 2.41. The van der Waals surface area contributed by atoms with Gasteiger partial charge >= 0.3 is 0 Å². The second-order valence-corrected chi connectivity index (χ2v) is 6.65. The lowest BCUT2D eigenvalue weighted by molar-refractivity contribution is 0.0958. The summed E-state index contributed by atoms with van der Waals surface area (Å²) in [6, 6.07) is 6.72. The van der Waals surface area contributed by atoms with Crippen LogP contribution >= 0.6 is 11.3 Å². The quantitative estimate of drug-likeness (QED) is 0.719. The summed E-state index contributed by atoms with van der Waals surface area (Å²) >= 11 is 1.48. The van der Waals surface area contributed by atoms with Crippen molar-refractivity contribution in [3.8, 4) is 0 Å². The van der Waals surface area contributed by atoms with Crippen LogP contribution in [0.15, 0.2) is 18.2 Å². The zero-order valence-corrected chi connectivity index (χ0v) is 13.1. The number of carbonyl (C=O) groups is 1. The van der Waals surface area contributed by atoms with E-state index in [1.165, 1.54) is 24.2 Å². The van der Waals surface area contributed by atoms with Crippen LogP contribution in [0.3, 0.4) is 0 Å². The smallest absolute Gasteiger partial charge is 0.263 e. The minimum Gasteiger partial charge on any atom is -0.397 e. The van der Waals surface area contributed by atoms with Crippen molar-refractivity contribution < 1.29 is 4.79 Å². The molecule has 2 aromatic rings. The first kappa shape index (κ1) is 14.4. The first-order chi connectivity index (χ1) is 10.2. The number of hydrogen-bond acceptors (Lipinski definition) is 4. The lowest BCUT2D eigenvalue weighted by Gasteiger charge is -2.05. The predicted molar refractivity (Wildman–Crippen MR) is 88.9 cm³/mol. The van der Waals surface area contributed by atoms with Crippen LogP contribution in [0.5, 0.6) is 0 Å². The summed E-state index contributed by atoms with van der Waals surface area (Å²) in [5.74, 6) is -0.0560. The van der Waals surface area contributed by atoms with Gasteiger partial charge in [0.1, 0.15) is 4.88 Å². The summed E-state index contributed by atoms with van der Waals surface area (Å²) < 4.78 is 1.11. The van der Waals surface area contributed by atoms with Crippen molar-refractivity contribution in [3.05, 3.63) is 28.6 Å². The number of aryl methyl sites for hydroxylation is 1. The Labute approximate surface area is 128 Å². The van der Waals surface area contributed by atoms with Crippen LogP contribution in [0.4, 0.5) is 5.69 Å². The molecule has 0 unspecified atom stereocenters. The SMILES string of the molecule is Cc1cccc2c(N)c(C(=O)NCCCNC3CC3)sc12. The average Bonchev–Trinajstić information content (AvgIpc) is 3.23. The lowest BCUT2D eigenvalue weighted by atomic mass is 10.1. The summed E-state index contributed by atoms with van der Waals surface area (Å²) in [4.78, 5) is 12.9. The molecule has 0 aliphatic heterocycles. The van der Waals surface area contributed by atoms with Gasteiger partial charge in [-0.25, -0.2) is 0 Å². The highest BCUT2D eigenvalue weighted by Gasteiger charge is 2.20. The van der Waals surface area contributed by atoms with E-state index in [1.807, 2.05) is 25.1 Å². The van der Waals surface area contributed by atoms with E-state index in [0.29, 0.717) is 17.1 Å². The third kappa shape index (κ3) is 3.19. The van der Waals surface area contributed by atoms with E-state index >= 15 is 0 Å². The van der Waals surface area contributed by atoms with Crippen LogP contribution < -0.4 is 16.4 Å². The first-order valence-electron chi connectivity index (χ1n) is 7.46. The molecule has 0 spiro atoms. The topological polar surface area (TPSA) is 67.2 Å². The minimum atomic E-state index is -0.0560. The van der Waals surface area contributed by atoms with Crippen molar-refractivity contribution >= 4 is 33.0 Å². The van der Waals surface area contributed by atoms with Gasteiger partial charge in [0.05, 0.1) is 5.69 Å². The average molecular weight is 303 g/mol. The molecular weight excluding hydrogens is 282 g/mol. The number of hydrogen-bond donors (Lipinski definition) is 3. The van der Waals surface area contributed by atoms with Crippen molar-refractivity contribution in [3.63, 3.8) is 0 Å². The number of nitrogen functional groups attached to an aromatic ring is 1. The van der Waals surface area contributed by atoms with Crippen molar-refractivity contribution in [1.29, 1.82) is 0 Å². The van der Waals surface area contributed by atoms with Crippen LogP contribution in [0.25, 0.3) is 10.1 Å². The number of nitrogens with one attached hydrogen (secondary N) is 2. The highest BCUT2D eigenvalue weighted by Crippen LogP contribution is 2.35. The zero-order chi connectivity index (χ0) is 14.8. The molecule has 0 radical (unpaired) electrons. The monoisotopic (exact) mass is 303 g/mol. The summed E-state index contributed by atoms with van der Waals surface area (Å²) in [7, 11) is 0. The summed E-state index contributed by atoms with van der Waals surface area (Å²) in [6.07, 6.45) is 3.54. The van der Waals surface area contributed by atoms with Gasteiger partial charge in [0.25, 0.3) is 5.91 Å². The number of thiophene rings is 1. The number of amides is 1. The second-order valence-electron chi connectivity index (χ2n) is 5.63. The molecule has 112 valence electrons. The molecule has 5 heteroatoms. The van der Waals surface area contributed by atoms with Gasteiger partial charge in [-0.05, 0) is 38.3 Å². The van der Waals surface area contributed by atoms with E-state index in [-0.39, 0.29) is 5.91 Å². The largest absolute Gasteiger partial charge is 0.397 e. The zero-order valence-electron chi connectivity index (χ0n) is 12.2. The number of nitrogens with two attached hydrogens (primary N) is 1. The Kier molecular flexibility index (Phi) is 4.12. The fourth-order valence-corrected chi connectivity index (χ4v) is 3.52. The van der Waals surface area contributed by atoms with Crippen LogP contribution in [0.2, 0.25) is 0 Å². The van der Waals surface area contributed by atoms with E-state index in [0.717, 1.165) is 34.7 Å². The number of benzene rings is 1. The Morgan fingerprint density at radius 3 is 2.90 bits per heavy atom. The molecule has 0 bridgehead atoms. The molecule has 1 aliphatic carbocycles. The molecule has 1 aromatic carbocycles. The molecular formula is C16H21N3OS. The number of rotatable bonds is 6. The van der Waals surface area contributed by atoms with E-state index in [4.69, 9.17) is 5.73 Å². The Morgan fingerprint density at radius 1 is 1.38 bits per heavy atom. The van der Waals surface area contributed by atoms with E-state index in [1.54, 1.807) is 0 Å². The maximum atomic E-state index is 12.3. The Hall–Kier alpha value is -1.59. The Morgan fingerprint density at radius 2 is 2.19 bits per heavy atom. The van der Waals surface area contributed by atoms with Crippen molar-refractivity contribution in [2.45, 2.75) is 32.2 Å². The van der Waals surface area contributed by atoms with Crippen LogP contribution in [-0.4, -0.2) is 25.0 Å². The van der Waals surface area contributed by atoms with Crippen molar-refractivity contribution in [2.24, 2.45) is 0 Å². The normalized spacial score (nSPS) is 14.5. The van der Waals surface area contributed by atoms with Crippen LogP contribution in [-0.2, 0) is 0 Å². The number of anilines is 1. The molecule has 0 atom stereocenters. The highest BCUT2D eigenvalue weighted by molar-refractivity contribution is 7.21. The molecule has 1 fully saturated rings. The van der Waals surface area contributed by atoms with Gasteiger partial charge in [-0.15, -0.1) is 11.3 Å². The van der Waals surface area contributed by atoms with Gasteiger partial charge < -0.3 is 16.4 Å². The molecule has 4 nitrogen and oxygen atoms in total. The van der Waals surface area contributed by atoms with Gasteiger partial charge in [0.2, 0.25) is 0 Å². The second kappa shape index (κ2) is 6.03. The Balaban J connectivity index is 1.61. The van der Waals surface area contributed by atoms with E-state index in [9.17, 15) is 4.79 Å². The molecule has 0 saturated heterocycles. The van der Waals surface area contributed by atoms with Gasteiger partial charge in [-0.3, -0.25) is 4.79 Å². The van der Waals surface area contributed by atoms with Crippen molar-refractivity contribution in [2.75, 3.05) is 18.8 Å². The number of carbonyl (C=O) groups excluding carboxylic acids is 1. The maximum absolute atomic E-state index is 12.3. The molecule has 1 aromatic heterocycles. The molecule has 21 heavy (non-hydrogen) atoms. The summed E-state index contributed by atoms with van der Waals surface area (Å²) in [5.41, 5.74) is 7.89. The predicted octanol–water partition coefficient (Wildman–Crippen LogP) is 2.66. The van der Waals surface area contributed by atoms with Gasteiger partial charge in [0, 0.05) is 22.7 Å². The fraction of sp³-hybridized carbons (Fsp3) is 0.438. The summed E-state index contributed by atoms with van der Waals surface area (Å²) in [5, 5.41) is 7.39. The third-order valence-corrected chi connectivity index (χ3v) is 5.16. The Bertz CT molecular complexity index is 661. The molecule has 1 amide bonds. The molecule has 1 aliphatic rings. The molecule has 3 rings (SSSR count). The highest BCUT2D eigenvalue weighted by atomic mass is 32.1. The third-order valence-electron chi connectivity index (χ3n) is 3.81. The van der Waals surface area contributed by atoms with Gasteiger partial charge in [-0.2, -0.15) is 0 Å². The van der Waals surface area contributed by atoms with Gasteiger partial charge in [0.15, 0.2) is 0 Å². The number of fused-ring (bicyclic) bond motifs is 1.